The summed E-state index contributed by atoms with van der Waals surface area (Å²) in [4.78, 5) is 3.61. The van der Waals surface area contributed by atoms with Crippen molar-refractivity contribution >= 4 is 34.2 Å². The number of hydrogen-bond acceptors (Lipinski definition) is 1. The van der Waals surface area contributed by atoms with Gasteiger partial charge in [-0.2, -0.15) is 13.2 Å². The van der Waals surface area contributed by atoms with Gasteiger partial charge in [-0.05, 0) is 28.7 Å². The normalized spacial score (nSPS) is 11.8. The Kier molecular flexibility index (Phi) is 2.82. The molecule has 0 aliphatic heterocycles. The lowest BCUT2D eigenvalue weighted by Crippen LogP contribution is -2.06. The summed E-state index contributed by atoms with van der Waals surface area (Å²) in [6.07, 6.45) is -3.32. The number of aromatic nitrogens is 1. The third-order valence-corrected chi connectivity index (χ3v) is 2.67. The van der Waals surface area contributed by atoms with Gasteiger partial charge in [0.05, 0.1) is 10.6 Å². The third-order valence-electron chi connectivity index (χ3n) is 1.15. The summed E-state index contributed by atoms with van der Waals surface area (Å²) in [6, 6.07) is 0.852. The first-order valence-electron chi connectivity index (χ1n) is 2.80. The number of nitrogens with zero attached hydrogens (tertiary/aromatic N) is 1. The summed E-state index contributed by atoms with van der Waals surface area (Å²) in [5, 5.41) is -0.342. The number of rotatable bonds is 0. The van der Waals surface area contributed by atoms with Crippen LogP contribution in [0.1, 0.15) is 5.56 Å². The summed E-state index contributed by atoms with van der Waals surface area (Å²) in [6.45, 7) is 0. The van der Waals surface area contributed by atoms with Gasteiger partial charge in [-0.25, -0.2) is 4.98 Å². The fraction of sp³-hybridized carbons (Fsp3) is 0.167. The predicted octanol–water partition coefficient (Wildman–Crippen LogP) is 3.36. The Bertz CT molecular complexity index is 299. The quantitative estimate of drug-likeness (QED) is 0.529. The van der Waals surface area contributed by atoms with Gasteiger partial charge in [-0.15, -0.1) is 0 Å². The van der Waals surface area contributed by atoms with Crippen LogP contribution in [0.4, 0.5) is 13.2 Å². The zero-order valence-corrected chi connectivity index (χ0v) is 8.41. The molecule has 0 radical (unpaired) electrons. The molecule has 1 rings (SSSR count). The van der Waals surface area contributed by atoms with Crippen molar-refractivity contribution in [1.29, 1.82) is 0 Å². The molecule has 0 aromatic carbocycles. The zero-order valence-electron chi connectivity index (χ0n) is 5.49. The third kappa shape index (κ3) is 2.01. The second-order valence-electron chi connectivity index (χ2n) is 1.96. The minimum atomic E-state index is -4.40. The van der Waals surface area contributed by atoms with Crippen LogP contribution in [0, 0.1) is 3.70 Å². The predicted molar refractivity (Wildman–Crippen MR) is 47.0 cm³/mol. The Hall–Kier alpha value is -0.0400. The molecule has 6 heteroatoms. The fourth-order valence-electron chi connectivity index (χ4n) is 0.637. The molecule has 1 heterocycles. The summed E-state index contributed by atoms with van der Waals surface area (Å²) in [5.41, 5.74) is -0.844. The van der Waals surface area contributed by atoms with Crippen LogP contribution >= 0.6 is 34.2 Å². The van der Waals surface area contributed by atoms with E-state index in [1.165, 1.54) is 0 Å². The highest BCUT2D eigenvalue weighted by molar-refractivity contribution is 14.1. The maximum Gasteiger partial charge on any atom is 0.417 e. The second-order valence-corrected chi connectivity index (χ2v) is 3.36. The molecule has 0 amide bonds. The van der Waals surface area contributed by atoms with E-state index < -0.39 is 11.7 Å². The van der Waals surface area contributed by atoms with E-state index in [-0.39, 0.29) is 8.72 Å². The van der Waals surface area contributed by atoms with Crippen LogP contribution in [0.25, 0.3) is 0 Å². The average Bonchev–Trinajstić information content (AvgIpc) is 1.92. The van der Waals surface area contributed by atoms with Crippen molar-refractivity contribution in [2.45, 2.75) is 6.18 Å². The molecular formula is C6H2ClF3IN. The van der Waals surface area contributed by atoms with Crippen molar-refractivity contribution in [3.63, 3.8) is 0 Å². The molecule has 66 valence electrons. The van der Waals surface area contributed by atoms with Crippen LogP contribution in [0.5, 0.6) is 0 Å². The highest BCUT2D eigenvalue weighted by atomic mass is 127. The standard InChI is InChI=1S/C6H2ClF3IN/c7-4-3(6(8,9)10)1-2-12-5(4)11/h1-2H. The number of alkyl halides is 3. The Morgan fingerprint density at radius 1 is 1.42 bits per heavy atom. The lowest BCUT2D eigenvalue weighted by atomic mass is 10.3. The van der Waals surface area contributed by atoms with Gasteiger partial charge in [0.2, 0.25) is 0 Å². The van der Waals surface area contributed by atoms with E-state index in [4.69, 9.17) is 11.6 Å². The first-order valence-corrected chi connectivity index (χ1v) is 4.26. The van der Waals surface area contributed by atoms with E-state index in [9.17, 15) is 13.2 Å². The van der Waals surface area contributed by atoms with Crippen molar-refractivity contribution in [3.05, 3.63) is 26.5 Å². The fourth-order valence-corrected chi connectivity index (χ4v) is 1.31. The summed E-state index contributed by atoms with van der Waals surface area (Å²) >= 11 is 7.03. The van der Waals surface area contributed by atoms with E-state index in [0.29, 0.717) is 0 Å². The van der Waals surface area contributed by atoms with E-state index in [1.807, 2.05) is 0 Å². The molecule has 1 aromatic rings. The average molecular weight is 307 g/mol. The molecule has 0 aliphatic rings. The van der Waals surface area contributed by atoms with E-state index in [1.54, 1.807) is 22.6 Å². The Balaban J connectivity index is 3.26. The highest BCUT2D eigenvalue weighted by Crippen LogP contribution is 2.35. The Morgan fingerprint density at radius 2 is 2.00 bits per heavy atom. The van der Waals surface area contributed by atoms with E-state index >= 15 is 0 Å². The molecule has 0 fully saturated rings. The van der Waals surface area contributed by atoms with Crippen molar-refractivity contribution in [3.8, 4) is 0 Å². The van der Waals surface area contributed by atoms with Crippen molar-refractivity contribution in [2.24, 2.45) is 0 Å². The number of halogens is 5. The van der Waals surface area contributed by atoms with E-state index in [0.717, 1.165) is 12.3 Å². The van der Waals surface area contributed by atoms with Gasteiger partial charge < -0.3 is 0 Å². The second kappa shape index (κ2) is 3.37. The van der Waals surface area contributed by atoms with Crippen LogP contribution in [-0.2, 0) is 6.18 Å². The lowest BCUT2D eigenvalue weighted by Gasteiger charge is -2.08. The summed E-state index contributed by atoms with van der Waals surface area (Å²) < 4.78 is 36.5. The van der Waals surface area contributed by atoms with Gasteiger partial charge in [0.25, 0.3) is 0 Å². The SMILES string of the molecule is FC(F)(F)c1ccnc(I)c1Cl. The van der Waals surface area contributed by atoms with Crippen molar-refractivity contribution in [2.75, 3.05) is 0 Å². The van der Waals surface area contributed by atoms with Crippen LogP contribution in [0.3, 0.4) is 0 Å². The minimum absolute atomic E-state index is 0.157. The first-order chi connectivity index (χ1) is 5.43. The molecule has 1 nitrogen and oxygen atoms in total. The van der Waals surface area contributed by atoms with Crippen LogP contribution in [0.15, 0.2) is 12.3 Å². The Morgan fingerprint density at radius 3 is 2.42 bits per heavy atom. The molecule has 1 aromatic heterocycles. The molecule has 0 bridgehead atoms. The topological polar surface area (TPSA) is 12.9 Å². The monoisotopic (exact) mass is 307 g/mol. The zero-order chi connectivity index (χ0) is 9.35. The summed E-state index contributed by atoms with van der Waals surface area (Å²) in [5.74, 6) is 0. The molecule has 0 unspecified atom stereocenters. The van der Waals surface area contributed by atoms with Gasteiger partial charge in [0.15, 0.2) is 0 Å². The van der Waals surface area contributed by atoms with E-state index in [2.05, 4.69) is 4.98 Å². The Labute approximate surface area is 85.1 Å². The molecule has 0 saturated heterocycles. The number of pyridine rings is 1. The van der Waals surface area contributed by atoms with Gasteiger partial charge in [0, 0.05) is 6.20 Å². The maximum atomic E-state index is 12.1. The molecule has 0 aliphatic carbocycles. The molecule has 0 saturated carbocycles. The van der Waals surface area contributed by atoms with Crippen molar-refractivity contribution in [1.82, 2.24) is 4.98 Å². The number of hydrogen-bond donors (Lipinski definition) is 0. The lowest BCUT2D eigenvalue weighted by molar-refractivity contribution is -0.137. The highest BCUT2D eigenvalue weighted by Gasteiger charge is 2.33. The van der Waals surface area contributed by atoms with Gasteiger partial charge in [0.1, 0.15) is 3.70 Å². The largest absolute Gasteiger partial charge is 0.417 e. The molecule has 0 atom stereocenters. The summed E-state index contributed by atoms with van der Waals surface area (Å²) in [7, 11) is 0. The molecule has 0 N–H and O–H groups in total. The maximum absolute atomic E-state index is 12.1. The molecular weight excluding hydrogens is 305 g/mol. The smallest absolute Gasteiger partial charge is 0.249 e. The van der Waals surface area contributed by atoms with Gasteiger partial charge in [-0.3, -0.25) is 0 Å². The van der Waals surface area contributed by atoms with Gasteiger partial charge in [-0.1, -0.05) is 11.6 Å². The van der Waals surface area contributed by atoms with Gasteiger partial charge >= 0.3 is 6.18 Å². The van der Waals surface area contributed by atoms with Crippen LogP contribution < -0.4 is 0 Å². The molecule has 12 heavy (non-hydrogen) atoms. The van der Waals surface area contributed by atoms with Crippen molar-refractivity contribution < 1.29 is 13.2 Å². The first kappa shape index (κ1) is 10.0. The minimum Gasteiger partial charge on any atom is -0.249 e. The molecule has 0 spiro atoms. The van der Waals surface area contributed by atoms with Crippen LogP contribution in [-0.4, -0.2) is 4.98 Å². The van der Waals surface area contributed by atoms with Crippen LogP contribution in [0.2, 0.25) is 5.02 Å².